The molecule has 0 saturated carbocycles. The molecule has 2 rings (SSSR count). The Balaban J connectivity index is 2.17. The highest BCUT2D eigenvalue weighted by Crippen LogP contribution is 2.19. The average molecular weight is 285 g/mol. The third-order valence-electron chi connectivity index (χ3n) is 3.55. The number of aryl methyl sites for hydroxylation is 1. The van der Waals surface area contributed by atoms with E-state index in [0.29, 0.717) is 5.88 Å². The van der Waals surface area contributed by atoms with E-state index >= 15 is 0 Å². The molecule has 0 aliphatic rings. The van der Waals surface area contributed by atoms with Gasteiger partial charge in [0.25, 0.3) is 0 Å². The van der Waals surface area contributed by atoms with E-state index in [9.17, 15) is 0 Å². The fourth-order valence-corrected chi connectivity index (χ4v) is 2.33. The number of aromatic nitrogens is 2. The van der Waals surface area contributed by atoms with Crippen LogP contribution in [0.15, 0.2) is 36.7 Å². The molecule has 1 aromatic carbocycles. The summed E-state index contributed by atoms with van der Waals surface area (Å²) >= 11 is 0. The Morgan fingerprint density at radius 2 is 1.81 bits per heavy atom. The van der Waals surface area contributed by atoms with Gasteiger partial charge in [-0.25, -0.2) is 9.97 Å². The lowest BCUT2D eigenvalue weighted by Crippen LogP contribution is -2.24. The summed E-state index contributed by atoms with van der Waals surface area (Å²) in [5.74, 6) is 0.601. The Bertz CT molecular complexity index is 554. The van der Waals surface area contributed by atoms with Crippen molar-refractivity contribution in [2.24, 2.45) is 0 Å². The zero-order valence-electron chi connectivity index (χ0n) is 13.0. The van der Waals surface area contributed by atoms with Crippen LogP contribution in [0.3, 0.4) is 0 Å². The van der Waals surface area contributed by atoms with Gasteiger partial charge in [0.05, 0.1) is 18.8 Å². The van der Waals surface area contributed by atoms with Gasteiger partial charge in [0.15, 0.2) is 0 Å². The molecule has 0 aliphatic carbocycles. The summed E-state index contributed by atoms with van der Waals surface area (Å²) < 4.78 is 5.18. The number of hydrogen-bond acceptors (Lipinski definition) is 4. The number of nitrogens with one attached hydrogen (secondary N) is 1. The van der Waals surface area contributed by atoms with Crippen molar-refractivity contribution in [3.8, 4) is 5.88 Å². The third-order valence-corrected chi connectivity index (χ3v) is 3.55. The summed E-state index contributed by atoms with van der Waals surface area (Å²) in [7, 11) is 1.62. The summed E-state index contributed by atoms with van der Waals surface area (Å²) in [5.41, 5.74) is 3.63. The highest BCUT2D eigenvalue weighted by atomic mass is 16.5. The number of rotatable bonds is 7. The van der Waals surface area contributed by atoms with Gasteiger partial charge in [0.1, 0.15) is 6.33 Å². The number of nitrogens with zero attached hydrogens (tertiary/aromatic N) is 2. The molecular weight excluding hydrogens is 262 g/mol. The Hall–Kier alpha value is -1.94. The Kier molecular flexibility index (Phi) is 5.69. The first-order chi connectivity index (χ1) is 10.3. The van der Waals surface area contributed by atoms with Crippen molar-refractivity contribution in [1.82, 2.24) is 15.3 Å². The SMILES string of the molecule is CCNC(Cc1ccc(CC)cc1)c1cc(OC)ncn1. The molecule has 1 unspecified atom stereocenters. The largest absolute Gasteiger partial charge is 0.481 e. The normalized spacial score (nSPS) is 12.1. The van der Waals surface area contributed by atoms with Gasteiger partial charge in [-0.1, -0.05) is 38.1 Å². The fourth-order valence-electron chi connectivity index (χ4n) is 2.33. The lowest BCUT2D eigenvalue weighted by molar-refractivity contribution is 0.393. The van der Waals surface area contributed by atoms with Crippen LogP contribution in [0, 0.1) is 0 Å². The van der Waals surface area contributed by atoms with Crippen LogP contribution in [-0.4, -0.2) is 23.6 Å². The maximum atomic E-state index is 5.18. The van der Waals surface area contributed by atoms with Gasteiger partial charge in [-0.3, -0.25) is 0 Å². The van der Waals surface area contributed by atoms with Crippen LogP contribution in [-0.2, 0) is 12.8 Å². The van der Waals surface area contributed by atoms with E-state index in [4.69, 9.17) is 4.74 Å². The van der Waals surface area contributed by atoms with Crippen LogP contribution in [0.1, 0.15) is 36.7 Å². The second kappa shape index (κ2) is 7.74. The molecule has 0 radical (unpaired) electrons. The van der Waals surface area contributed by atoms with Crippen LogP contribution < -0.4 is 10.1 Å². The molecule has 1 N–H and O–H groups in total. The monoisotopic (exact) mass is 285 g/mol. The average Bonchev–Trinajstić information content (AvgIpc) is 2.55. The van der Waals surface area contributed by atoms with Crippen molar-refractivity contribution in [3.63, 3.8) is 0 Å². The van der Waals surface area contributed by atoms with E-state index in [-0.39, 0.29) is 6.04 Å². The van der Waals surface area contributed by atoms with Crippen LogP contribution in [0.25, 0.3) is 0 Å². The van der Waals surface area contributed by atoms with Gasteiger partial charge in [0.2, 0.25) is 5.88 Å². The number of likely N-dealkylation sites (N-methyl/N-ethyl adjacent to an activating group) is 1. The zero-order valence-corrected chi connectivity index (χ0v) is 13.0. The molecule has 0 fully saturated rings. The molecule has 1 heterocycles. The van der Waals surface area contributed by atoms with Crippen LogP contribution >= 0.6 is 0 Å². The van der Waals surface area contributed by atoms with Crippen molar-refractivity contribution in [1.29, 1.82) is 0 Å². The Labute approximate surface area is 126 Å². The Morgan fingerprint density at radius 1 is 1.10 bits per heavy atom. The first-order valence-corrected chi connectivity index (χ1v) is 7.44. The minimum Gasteiger partial charge on any atom is -0.481 e. The summed E-state index contributed by atoms with van der Waals surface area (Å²) in [6, 6.07) is 10.8. The second-order valence-corrected chi connectivity index (χ2v) is 4.97. The van der Waals surface area contributed by atoms with Crippen LogP contribution in [0.5, 0.6) is 5.88 Å². The number of benzene rings is 1. The molecule has 2 aromatic rings. The van der Waals surface area contributed by atoms with E-state index in [2.05, 4.69) is 53.4 Å². The quantitative estimate of drug-likeness (QED) is 0.849. The molecule has 0 bridgehead atoms. The molecule has 0 amide bonds. The minimum atomic E-state index is 0.166. The van der Waals surface area contributed by atoms with E-state index < -0.39 is 0 Å². The third kappa shape index (κ3) is 4.26. The second-order valence-electron chi connectivity index (χ2n) is 4.97. The van der Waals surface area contributed by atoms with Crippen molar-refractivity contribution < 1.29 is 4.74 Å². The summed E-state index contributed by atoms with van der Waals surface area (Å²) in [6.45, 7) is 5.17. The molecule has 0 saturated heterocycles. The van der Waals surface area contributed by atoms with Gasteiger partial charge < -0.3 is 10.1 Å². The van der Waals surface area contributed by atoms with Gasteiger partial charge in [-0.05, 0) is 30.5 Å². The maximum Gasteiger partial charge on any atom is 0.216 e. The highest BCUT2D eigenvalue weighted by Gasteiger charge is 2.14. The fraction of sp³-hybridized carbons (Fsp3) is 0.412. The number of hydrogen-bond donors (Lipinski definition) is 1. The smallest absolute Gasteiger partial charge is 0.216 e. The van der Waals surface area contributed by atoms with Gasteiger partial charge in [-0.15, -0.1) is 0 Å². The maximum absolute atomic E-state index is 5.18. The van der Waals surface area contributed by atoms with Gasteiger partial charge in [0, 0.05) is 6.07 Å². The summed E-state index contributed by atoms with van der Waals surface area (Å²) in [5, 5.41) is 3.48. The molecule has 1 aromatic heterocycles. The standard InChI is InChI=1S/C17H23N3O/c1-4-13-6-8-14(9-7-13)10-15(18-5-2)16-11-17(21-3)20-12-19-16/h6-9,11-12,15,18H,4-5,10H2,1-3H3. The number of ether oxygens (including phenoxy) is 1. The first kappa shape index (κ1) is 15.4. The summed E-state index contributed by atoms with van der Waals surface area (Å²) in [6.07, 6.45) is 3.52. The first-order valence-electron chi connectivity index (χ1n) is 7.44. The topological polar surface area (TPSA) is 47.0 Å². The van der Waals surface area contributed by atoms with Crippen molar-refractivity contribution in [3.05, 3.63) is 53.5 Å². The highest BCUT2D eigenvalue weighted by molar-refractivity contribution is 5.25. The van der Waals surface area contributed by atoms with E-state index in [1.165, 1.54) is 11.1 Å². The lowest BCUT2D eigenvalue weighted by Gasteiger charge is -2.18. The lowest BCUT2D eigenvalue weighted by atomic mass is 10.0. The molecule has 4 nitrogen and oxygen atoms in total. The van der Waals surface area contributed by atoms with Crippen molar-refractivity contribution in [2.75, 3.05) is 13.7 Å². The van der Waals surface area contributed by atoms with Crippen molar-refractivity contribution in [2.45, 2.75) is 32.7 Å². The van der Waals surface area contributed by atoms with Gasteiger partial charge in [-0.2, -0.15) is 0 Å². The molecule has 1 atom stereocenters. The van der Waals surface area contributed by atoms with Crippen LogP contribution in [0.4, 0.5) is 0 Å². The van der Waals surface area contributed by atoms with E-state index in [0.717, 1.165) is 25.1 Å². The van der Waals surface area contributed by atoms with Crippen molar-refractivity contribution >= 4 is 0 Å². The molecular formula is C17H23N3O. The van der Waals surface area contributed by atoms with Crippen LogP contribution in [0.2, 0.25) is 0 Å². The molecule has 21 heavy (non-hydrogen) atoms. The summed E-state index contributed by atoms with van der Waals surface area (Å²) in [4.78, 5) is 8.45. The minimum absolute atomic E-state index is 0.166. The van der Waals surface area contributed by atoms with E-state index in [1.807, 2.05) is 6.07 Å². The molecule has 0 aliphatic heterocycles. The molecule has 4 heteroatoms. The predicted octanol–water partition coefficient (Wildman–Crippen LogP) is 2.94. The molecule has 0 spiro atoms. The Morgan fingerprint density at radius 3 is 2.43 bits per heavy atom. The zero-order chi connectivity index (χ0) is 15.1. The number of methoxy groups -OCH3 is 1. The predicted molar refractivity (Wildman–Crippen MR) is 84.5 cm³/mol. The molecule has 112 valence electrons. The van der Waals surface area contributed by atoms with Gasteiger partial charge >= 0.3 is 0 Å². The van der Waals surface area contributed by atoms with E-state index in [1.54, 1.807) is 13.4 Å².